The third kappa shape index (κ3) is 4.54. The lowest BCUT2D eigenvalue weighted by Crippen LogP contribution is -2.20. The highest BCUT2D eigenvalue weighted by Crippen LogP contribution is 2.21. The van der Waals surface area contributed by atoms with E-state index in [1.165, 1.54) is 25.0 Å². The molecule has 0 unspecified atom stereocenters. The number of carbonyl (C=O) groups is 1. The smallest absolute Gasteiger partial charge is 0.248 e. The predicted octanol–water partition coefficient (Wildman–Crippen LogP) is 4.46. The molecule has 1 fully saturated rings. The Morgan fingerprint density at radius 2 is 1.80 bits per heavy atom. The Kier molecular flexibility index (Phi) is 5.61. The highest BCUT2D eigenvalue weighted by molar-refractivity contribution is 6.04. The number of para-hydroxylation sites is 1. The summed E-state index contributed by atoms with van der Waals surface area (Å²) in [6.45, 7) is 4.80. The minimum absolute atomic E-state index is 0.241. The van der Waals surface area contributed by atoms with Crippen molar-refractivity contribution in [3.63, 3.8) is 0 Å². The van der Waals surface area contributed by atoms with Crippen molar-refractivity contribution in [2.24, 2.45) is 0 Å². The summed E-state index contributed by atoms with van der Waals surface area (Å²) < 4.78 is 13.8. The van der Waals surface area contributed by atoms with Crippen LogP contribution in [0, 0.1) is 5.82 Å². The summed E-state index contributed by atoms with van der Waals surface area (Å²) in [6, 6.07) is 14.3. The molecule has 0 radical (unpaired) electrons. The first kappa shape index (κ1) is 17.4. The predicted molar refractivity (Wildman–Crippen MR) is 99.6 cm³/mol. The molecule has 1 saturated heterocycles. The van der Waals surface area contributed by atoms with Crippen LogP contribution in [0.5, 0.6) is 0 Å². The van der Waals surface area contributed by atoms with Crippen LogP contribution in [0.3, 0.4) is 0 Å². The van der Waals surface area contributed by atoms with Crippen LogP contribution < -0.4 is 5.32 Å². The van der Waals surface area contributed by atoms with Gasteiger partial charge in [0.25, 0.3) is 0 Å². The maximum atomic E-state index is 13.8. The molecule has 0 aromatic heterocycles. The van der Waals surface area contributed by atoms with Crippen molar-refractivity contribution < 1.29 is 9.18 Å². The summed E-state index contributed by atoms with van der Waals surface area (Å²) in [5, 5.41) is 2.94. The number of anilines is 1. The Morgan fingerprint density at radius 3 is 2.56 bits per heavy atom. The fourth-order valence-corrected chi connectivity index (χ4v) is 3.19. The van der Waals surface area contributed by atoms with Crippen LogP contribution in [0.15, 0.2) is 54.6 Å². The molecule has 1 amide bonds. The van der Waals surface area contributed by atoms with Crippen LogP contribution in [0.1, 0.15) is 30.9 Å². The average Bonchev–Trinajstić information content (AvgIpc) is 3.10. The summed E-state index contributed by atoms with van der Waals surface area (Å²) in [5.74, 6) is -0.562. The second-order valence-electron chi connectivity index (χ2n) is 6.44. The van der Waals surface area contributed by atoms with Gasteiger partial charge in [-0.05, 0) is 56.1 Å². The Hall–Kier alpha value is -2.46. The van der Waals surface area contributed by atoms with Crippen molar-refractivity contribution in [1.82, 2.24) is 4.90 Å². The van der Waals surface area contributed by atoms with E-state index in [1.807, 2.05) is 24.3 Å². The fourth-order valence-electron chi connectivity index (χ4n) is 3.19. The fraction of sp³-hybridized carbons (Fsp3) is 0.286. The topological polar surface area (TPSA) is 32.3 Å². The number of nitrogens with one attached hydrogen (secondary N) is 1. The lowest BCUT2D eigenvalue weighted by atomic mass is 10.1. The van der Waals surface area contributed by atoms with Crippen LogP contribution in [0.2, 0.25) is 0 Å². The first-order chi connectivity index (χ1) is 12.1. The summed E-state index contributed by atoms with van der Waals surface area (Å²) in [7, 11) is 0. The second kappa shape index (κ2) is 8.08. The first-order valence-corrected chi connectivity index (χ1v) is 8.68. The van der Waals surface area contributed by atoms with E-state index in [2.05, 4.69) is 10.2 Å². The van der Waals surface area contributed by atoms with Gasteiger partial charge < -0.3 is 5.32 Å². The SMILES string of the molecule is C/C(=C\C(=O)Nc1ccccc1CN1CCCC1)c1ccccc1F. The minimum Gasteiger partial charge on any atom is -0.322 e. The number of likely N-dealkylation sites (tertiary alicyclic amines) is 1. The van der Waals surface area contributed by atoms with E-state index < -0.39 is 0 Å². The minimum atomic E-state index is -0.321. The van der Waals surface area contributed by atoms with Gasteiger partial charge in [0.15, 0.2) is 0 Å². The highest BCUT2D eigenvalue weighted by atomic mass is 19.1. The third-order valence-electron chi connectivity index (χ3n) is 4.51. The molecule has 0 atom stereocenters. The maximum absolute atomic E-state index is 13.8. The molecule has 1 heterocycles. The Morgan fingerprint density at radius 1 is 1.12 bits per heavy atom. The molecule has 2 aromatic rings. The van der Waals surface area contributed by atoms with Crippen molar-refractivity contribution >= 4 is 17.2 Å². The largest absolute Gasteiger partial charge is 0.322 e. The molecule has 0 spiro atoms. The molecular formula is C21H23FN2O. The molecule has 2 aromatic carbocycles. The number of hydrogen-bond donors (Lipinski definition) is 1. The van der Waals surface area contributed by atoms with E-state index in [4.69, 9.17) is 0 Å². The van der Waals surface area contributed by atoms with E-state index >= 15 is 0 Å². The number of benzene rings is 2. The van der Waals surface area contributed by atoms with Gasteiger partial charge in [-0.3, -0.25) is 9.69 Å². The molecule has 0 saturated carbocycles. The first-order valence-electron chi connectivity index (χ1n) is 8.68. The summed E-state index contributed by atoms with van der Waals surface area (Å²) in [5.41, 5.74) is 2.97. The van der Waals surface area contributed by atoms with Crippen molar-refractivity contribution in [3.05, 3.63) is 71.6 Å². The average molecular weight is 338 g/mol. The molecule has 1 N–H and O–H groups in total. The van der Waals surface area contributed by atoms with Gasteiger partial charge in [0.1, 0.15) is 5.82 Å². The summed E-state index contributed by atoms with van der Waals surface area (Å²) >= 11 is 0. The van der Waals surface area contributed by atoms with Gasteiger partial charge in [-0.1, -0.05) is 36.4 Å². The quantitative estimate of drug-likeness (QED) is 0.816. The number of nitrogens with zero attached hydrogens (tertiary/aromatic N) is 1. The third-order valence-corrected chi connectivity index (χ3v) is 4.51. The number of halogens is 1. The Balaban J connectivity index is 1.72. The Bertz CT molecular complexity index is 779. The molecule has 1 aliphatic rings. The molecule has 130 valence electrons. The van der Waals surface area contributed by atoms with Crippen LogP contribution >= 0.6 is 0 Å². The van der Waals surface area contributed by atoms with Gasteiger partial charge in [0.2, 0.25) is 5.91 Å². The number of amides is 1. The van der Waals surface area contributed by atoms with Crippen molar-refractivity contribution in [3.8, 4) is 0 Å². The van der Waals surface area contributed by atoms with Crippen LogP contribution in [-0.4, -0.2) is 23.9 Å². The van der Waals surface area contributed by atoms with Gasteiger partial charge in [0.05, 0.1) is 0 Å². The number of carbonyl (C=O) groups excluding carboxylic acids is 1. The van der Waals surface area contributed by atoms with Gasteiger partial charge in [-0.15, -0.1) is 0 Å². The van der Waals surface area contributed by atoms with Gasteiger partial charge in [-0.2, -0.15) is 0 Å². The van der Waals surface area contributed by atoms with E-state index in [0.717, 1.165) is 30.9 Å². The van der Waals surface area contributed by atoms with Gasteiger partial charge >= 0.3 is 0 Å². The molecular weight excluding hydrogens is 315 g/mol. The second-order valence-corrected chi connectivity index (χ2v) is 6.44. The monoisotopic (exact) mass is 338 g/mol. The van der Waals surface area contributed by atoms with Crippen molar-refractivity contribution in [2.75, 3.05) is 18.4 Å². The zero-order valence-corrected chi connectivity index (χ0v) is 14.5. The molecule has 3 nitrogen and oxygen atoms in total. The lowest BCUT2D eigenvalue weighted by Gasteiger charge is -2.17. The maximum Gasteiger partial charge on any atom is 0.248 e. The van der Waals surface area contributed by atoms with E-state index in [1.54, 1.807) is 25.1 Å². The molecule has 4 heteroatoms. The van der Waals surface area contributed by atoms with Crippen molar-refractivity contribution in [2.45, 2.75) is 26.3 Å². The standard InChI is InChI=1S/C21H23FN2O/c1-16(18-9-3-4-10-19(18)22)14-21(25)23-20-11-5-2-8-17(20)15-24-12-6-7-13-24/h2-5,8-11,14H,6-7,12-13,15H2,1H3,(H,23,25)/b16-14+. The van der Waals surface area contributed by atoms with E-state index in [9.17, 15) is 9.18 Å². The van der Waals surface area contributed by atoms with E-state index in [-0.39, 0.29) is 11.7 Å². The van der Waals surface area contributed by atoms with E-state index in [0.29, 0.717) is 11.1 Å². The molecule has 0 aliphatic carbocycles. The molecule has 25 heavy (non-hydrogen) atoms. The zero-order valence-electron chi connectivity index (χ0n) is 14.5. The molecule has 1 aliphatic heterocycles. The molecule has 3 rings (SSSR count). The van der Waals surface area contributed by atoms with Crippen LogP contribution in [0.25, 0.3) is 5.57 Å². The number of hydrogen-bond acceptors (Lipinski definition) is 2. The molecule has 0 bridgehead atoms. The number of rotatable bonds is 5. The lowest BCUT2D eigenvalue weighted by molar-refractivity contribution is -0.111. The van der Waals surface area contributed by atoms with Crippen molar-refractivity contribution in [1.29, 1.82) is 0 Å². The van der Waals surface area contributed by atoms with Gasteiger partial charge in [0, 0.05) is 23.9 Å². The van der Waals surface area contributed by atoms with Gasteiger partial charge in [-0.25, -0.2) is 4.39 Å². The Labute approximate surface area is 148 Å². The van der Waals surface area contributed by atoms with Crippen LogP contribution in [0.4, 0.5) is 10.1 Å². The normalized spacial score (nSPS) is 15.4. The summed E-state index contributed by atoms with van der Waals surface area (Å²) in [6.07, 6.45) is 3.92. The zero-order chi connectivity index (χ0) is 17.6. The summed E-state index contributed by atoms with van der Waals surface area (Å²) in [4.78, 5) is 14.8. The van der Waals surface area contributed by atoms with Crippen LogP contribution in [-0.2, 0) is 11.3 Å². The highest BCUT2D eigenvalue weighted by Gasteiger charge is 2.14. The number of allylic oxidation sites excluding steroid dienone is 1.